The molecule has 1 fully saturated rings. The Morgan fingerprint density at radius 1 is 0.833 bits per heavy atom. The fourth-order valence-corrected chi connectivity index (χ4v) is 2.02. The molecular weight excluding hydrogens is 363 g/mol. The average molecular weight is 376 g/mol. The summed E-state index contributed by atoms with van der Waals surface area (Å²) in [6.45, 7) is -1.64. The van der Waals surface area contributed by atoms with E-state index in [2.05, 4.69) is 0 Å². The first kappa shape index (κ1) is 20.8. The van der Waals surface area contributed by atoms with Crippen LogP contribution >= 0.6 is 0 Å². The Hall–Kier alpha value is -1.24. The lowest BCUT2D eigenvalue weighted by molar-refractivity contribution is -0.389. The molecule has 0 aromatic carbocycles. The number of β-amino-alcohol motifs (C(OH)–C–C–N with tert-alkyl or cyclic N) is 1. The van der Waals surface area contributed by atoms with Gasteiger partial charge in [0.05, 0.1) is 6.61 Å². The highest BCUT2D eigenvalue weighted by Gasteiger charge is 2.84. The number of alkyl halides is 9. The van der Waals surface area contributed by atoms with Crippen LogP contribution in [0.25, 0.3) is 0 Å². The van der Waals surface area contributed by atoms with Gasteiger partial charge < -0.3 is 10.0 Å². The zero-order valence-corrected chi connectivity index (χ0v) is 11.9. The molecule has 1 aliphatic heterocycles. The van der Waals surface area contributed by atoms with E-state index in [9.17, 15) is 44.3 Å². The van der Waals surface area contributed by atoms with Crippen molar-refractivity contribution in [3.63, 3.8) is 0 Å². The van der Waals surface area contributed by atoms with Gasteiger partial charge in [-0.05, 0) is 0 Å². The van der Waals surface area contributed by atoms with Crippen molar-refractivity contribution in [1.82, 2.24) is 9.80 Å². The summed E-state index contributed by atoms with van der Waals surface area (Å²) in [7, 11) is 0. The maximum Gasteiger partial charge on any atom is 0.460 e. The van der Waals surface area contributed by atoms with Crippen LogP contribution in [0, 0.1) is 0 Å². The quantitative estimate of drug-likeness (QED) is 0.742. The lowest BCUT2D eigenvalue weighted by atomic mass is 10.0. The van der Waals surface area contributed by atoms with Crippen molar-refractivity contribution >= 4 is 5.91 Å². The van der Waals surface area contributed by atoms with Crippen LogP contribution in [0.3, 0.4) is 0 Å². The molecule has 1 amide bonds. The van der Waals surface area contributed by atoms with E-state index in [-0.39, 0.29) is 31.1 Å². The molecule has 0 unspecified atom stereocenters. The molecular formula is C11H13F9N2O2. The summed E-state index contributed by atoms with van der Waals surface area (Å²) in [5.41, 5.74) is 0. The first-order valence-electron chi connectivity index (χ1n) is 6.53. The summed E-state index contributed by atoms with van der Waals surface area (Å²) in [5.74, 6) is -23.1. The summed E-state index contributed by atoms with van der Waals surface area (Å²) >= 11 is 0. The van der Waals surface area contributed by atoms with E-state index in [0.717, 1.165) is 0 Å². The highest BCUT2D eigenvalue weighted by molar-refractivity contribution is 5.85. The largest absolute Gasteiger partial charge is 0.460 e. The molecule has 0 radical (unpaired) electrons. The van der Waals surface area contributed by atoms with Crippen LogP contribution in [0.5, 0.6) is 0 Å². The number of aliphatic hydroxyl groups excluding tert-OH is 1. The number of carbonyl (C=O) groups is 1. The first-order valence-corrected chi connectivity index (χ1v) is 6.53. The van der Waals surface area contributed by atoms with E-state index >= 15 is 0 Å². The maximum atomic E-state index is 13.5. The Morgan fingerprint density at radius 3 is 1.67 bits per heavy atom. The number of carbonyl (C=O) groups excluding carboxylic acids is 1. The van der Waals surface area contributed by atoms with Gasteiger partial charge in [-0.3, -0.25) is 9.69 Å². The average Bonchev–Trinajstić information content (AvgIpc) is 2.46. The van der Waals surface area contributed by atoms with Crippen LogP contribution in [-0.4, -0.2) is 84.1 Å². The number of piperazine rings is 1. The van der Waals surface area contributed by atoms with Crippen molar-refractivity contribution in [2.24, 2.45) is 0 Å². The number of aliphatic hydroxyl groups is 1. The topological polar surface area (TPSA) is 43.8 Å². The second-order valence-corrected chi connectivity index (χ2v) is 5.08. The first-order chi connectivity index (χ1) is 10.7. The van der Waals surface area contributed by atoms with Gasteiger partial charge >= 0.3 is 23.9 Å². The third kappa shape index (κ3) is 3.41. The van der Waals surface area contributed by atoms with E-state index < -0.39 is 42.9 Å². The summed E-state index contributed by atoms with van der Waals surface area (Å²) in [5, 5.41) is 8.66. The Bertz CT molecular complexity index is 459. The van der Waals surface area contributed by atoms with Gasteiger partial charge in [0.25, 0.3) is 5.91 Å². The van der Waals surface area contributed by atoms with E-state index in [1.807, 2.05) is 0 Å². The van der Waals surface area contributed by atoms with Crippen LogP contribution < -0.4 is 0 Å². The Balaban J connectivity index is 2.96. The zero-order valence-electron chi connectivity index (χ0n) is 11.9. The van der Waals surface area contributed by atoms with E-state index in [4.69, 9.17) is 5.11 Å². The van der Waals surface area contributed by atoms with E-state index in [0.29, 0.717) is 0 Å². The SMILES string of the molecule is O=C(N1CCN(CCO)CC1)C(F)(F)C(F)(F)C(F)(F)C(F)(F)F. The lowest BCUT2D eigenvalue weighted by Crippen LogP contribution is -2.66. The summed E-state index contributed by atoms with van der Waals surface area (Å²) in [4.78, 5) is 13.0. The molecule has 1 N–H and O–H groups in total. The Morgan fingerprint density at radius 2 is 1.29 bits per heavy atom. The van der Waals surface area contributed by atoms with Crippen molar-refractivity contribution in [1.29, 1.82) is 0 Å². The highest BCUT2D eigenvalue weighted by Crippen LogP contribution is 2.53. The number of amides is 1. The predicted molar refractivity (Wildman–Crippen MR) is 61.0 cm³/mol. The third-order valence-corrected chi connectivity index (χ3v) is 3.49. The third-order valence-electron chi connectivity index (χ3n) is 3.49. The number of hydrogen-bond donors (Lipinski definition) is 1. The van der Waals surface area contributed by atoms with Gasteiger partial charge in [-0.25, -0.2) is 0 Å². The second kappa shape index (κ2) is 6.58. The van der Waals surface area contributed by atoms with E-state index in [1.165, 1.54) is 4.90 Å². The molecule has 1 saturated heterocycles. The van der Waals surface area contributed by atoms with Crippen molar-refractivity contribution in [3.05, 3.63) is 0 Å². The second-order valence-electron chi connectivity index (χ2n) is 5.08. The monoisotopic (exact) mass is 376 g/mol. The minimum atomic E-state index is -7.09. The normalized spacial score (nSPS) is 18.8. The molecule has 0 saturated carbocycles. The highest BCUT2D eigenvalue weighted by atomic mass is 19.4. The molecule has 13 heteroatoms. The number of halogens is 9. The van der Waals surface area contributed by atoms with Crippen LogP contribution in [-0.2, 0) is 4.79 Å². The van der Waals surface area contributed by atoms with Gasteiger partial charge in [-0.2, -0.15) is 39.5 Å². The van der Waals surface area contributed by atoms with Gasteiger partial charge in [0.2, 0.25) is 0 Å². The van der Waals surface area contributed by atoms with Gasteiger partial charge in [-0.1, -0.05) is 0 Å². The molecule has 0 spiro atoms. The summed E-state index contributed by atoms with van der Waals surface area (Å²) in [6, 6.07) is 0. The zero-order chi connectivity index (χ0) is 19.0. The van der Waals surface area contributed by atoms with Gasteiger partial charge in [-0.15, -0.1) is 0 Å². The molecule has 1 aliphatic rings. The molecule has 1 rings (SSSR count). The lowest BCUT2D eigenvalue weighted by Gasteiger charge is -2.38. The van der Waals surface area contributed by atoms with Gasteiger partial charge in [0, 0.05) is 32.7 Å². The molecule has 0 atom stereocenters. The van der Waals surface area contributed by atoms with Crippen LogP contribution in [0.1, 0.15) is 0 Å². The molecule has 1 heterocycles. The summed E-state index contributed by atoms with van der Waals surface area (Å²) in [6.07, 6.45) is -6.96. The fourth-order valence-electron chi connectivity index (χ4n) is 2.02. The van der Waals surface area contributed by atoms with Crippen molar-refractivity contribution in [2.45, 2.75) is 23.9 Å². The predicted octanol–water partition coefficient (Wildman–Crippen LogP) is 1.59. The number of hydrogen-bond acceptors (Lipinski definition) is 3. The number of nitrogens with zero attached hydrogens (tertiary/aromatic N) is 2. The van der Waals surface area contributed by atoms with Crippen molar-refractivity contribution in [2.75, 3.05) is 39.3 Å². The minimum absolute atomic E-state index is 0.0915. The van der Waals surface area contributed by atoms with Crippen LogP contribution in [0.4, 0.5) is 39.5 Å². The molecule has 142 valence electrons. The van der Waals surface area contributed by atoms with Crippen molar-refractivity contribution in [3.8, 4) is 0 Å². The minimum Gasteiger partial charge on any atom is -0.395 e. The summed E-state index contributed by atoms with van der Waals surface area (Å²) < 4.78 is 115. The van der Waals surface area contributed by atoms with Gasteiger partial charge in [0.1, 0.15) is 0 Å². The standard InChI is InChI=1S/C11H13F9N2O2/c12-8(13,9(14,15)10(16,17)11(18,19)20)7(24)22-3-1-21(2-4-22)5-6-23/h23H,1-6H2. The van der Waals surface area contributed by atoms with Crippen LogP contribution in [0.2, 0.25) is 0 Å². The molecule has 0 aliphatic carbocycles. The maximum absolute atomic E-state index is 13.5. The molecule has 0 bridgehead atoms. The number of rotatable bonds is 5. The van der Waals surface area contributed by atoms with E-state index in [1.54, 1.807) is 0 Å². The molecule has 0 aromatic rings. The molecule has 0 aromatic heterocycles. The van der Waals surface area contributed by atoms with Crippen molar-refractivity contribution < 1.29 is 49.4 Å². The Kier molecular flexibility index (Phi) is 5.70. The smallest absolute Gasteiger partial charge is 0.395 e. The molecule has 24 heavy (non-hydrogen) atoms. The van der Waals surface area contributed by atoms with Gasteiger partial charge in [0.15, 0.2) is 0 Å². The van der Waals surface area contributed by atoms with Crippen LogP contribution in [0.15, 0.2) is 0 Å². The molecule has 4 nitrogen and oxygen atoms in total. The fraction of sp³-hybridized carbons (Fsp3) is 0.909. The Labute approximate surface area is 129 Å².